The molecular formula is C12H18N2O3S. The molecule has 100 valence electrons. The Morgan fingerprint density at radius 2 is 2.11 bits per heavy atom. The number of nitrogens with one attached hydrogen (secondary N) is 2. The summed E-state index contributed by atoms with van der Waals surface area (Å²) in [6, 6.07) is 8.01. The van der Waals surface area contributed by atoms with Crippen molar-refractivity contribution in [2.75, 3.05) is 25.9 Å². The molecule has 0 radical (unpaired) electrons. The maximum Gasteiger partial charge on any atom is 0.208 e. The van der Waals surface area contributed by atoms with Crippen LogP contribution in [0.2, 0.25) is 0 Å². The van der Waals surface area contributed by atoms with Crippen LogP contribution in [0.5, 0.6) is 5.75 Å². The molecular weight excluding hydrogens is 252 g/mol. The van der Waals surface area contributed by atoms with E-state index >= 15 is 0 Å². The van der Waals surface area contributed by atoms with Crippen LogP contribution in [-0.2, 0) is 16.4 Å². The van der Waals surface area contributed by atoms with E-state index in [-0.39, 0.29) is 6.10 Å². The minimum absolute atomic E-state index is 0.139. The minimum Gasteiger partial charge on any atom is -0.488 e. The van der Waals surface area contributed by atoms with Crippen LogP contribution in [0.15, 0.2) is 24.3 Å². The van der Waals surface area contributed by atoms with Gasteiger partial charge in [-0.3, -0.25) is 0 Å². The maximum absolute atomic E-state index is 10.8. The number of hydrogen-bond acceptors (Lipinski definition) is 4. The van der Waals surface area contributed by atoms with Crippen LogP contribution in [0.25, 0.3) is 0 Å². The fourth-order valence-electron chi connectivity index (χ4n) is 1.96. The molecule has 0 aromatic heterocycles. The third-order valence-electron chi connectivity index (χ3n) is 2.75. The predicted octanol–water partition coefficient (Wildman–Crippen LogP) is 0.129. The van der Waals surface area contributed by atoms with E-state index < -0.39 is 10.0 Å². The summed E-state index contributed by atoms with van der Waals surface area (Å²) in [7, 11) is -3.09. The van der Waals surface area contributed by atoms with Gasteiger partial charge in [-0.1, -0.05) is 18.2 Å². The molecule has 5 nitrogen and oxygen atoms in total. The van der Waals surface area contributed by atoms with Crippen molar-refractivity contribution < 1.29 is 13.2 Å². The molecule has 0 spiro atoms. The molecule has 0 bridgehead atoms. The highest BCUT2D eigenvalue weighted by Gasteiger charge is 2.21. The fraction of sp³-hybridized carbons (Fsp3) is 0.500. The minimum atomic E-state index is -3.09. The Kier molecular flexibility index (Phi) is 4.21. The molecule has 0 saturated heterocycles. The summed E-state index contributed by atoms with van der Waals surface area (Å²) in [6.45, 7) is 1.72. The Labute approximate surface area is 108 Å². The van der Waals surface area contributed by atoms with Gasteiger partial charge in [0, 0.05) is 26.1 Å². The van der Waals surface area contributed by atoms with E-state index in [1.807, 2.05) is 18.2 Å². The number of fused-ring (bicyclic) bond motifs is 1. The van der Waals surface area contributed by atoms with Gasteiger partial charge in [-0.15, -0.1) is 0 Å². The quantitative estimate of drug-likeness (QED) is 0.721. The zero-order valence-electron chi connectivity index (χ0n) is 10.3. The molecule has 1 heterocycles. The Morgan fingerprint density at radius 1 is 1.33 bits per heavy atom. The van der Waals surface area contributed by atoms with Gasteiger partial charge in [0.05, 0.1) is 6.26 Å². The second-order valence-corrected chi connectivity index (χ2v) is 6.26. The van der Waals surface area contributed by atoms with Crippen LogP contribution in [-0.4, -0.2) is 40.4 Å². The van der Waals surface area contributed by atoms with E-state index in [0.29, 0.717) is 13.1 Å². The highest BCUT2D eigenvalue weighted by Crippen LogP contribution is 2.27. The zero-order valence-corrected chi connectivity index (χ0v) is 11.2. The first-order chi connectivity index (χ1) is 8.54. The standard InChI is InChI=1S/C12H18N2O3S/c1-18(15,16)14-7-6-13-9-11-8-10-4-2-3-5-12(10)17-11/h2-5,11,13-14H,6-9H2,1H3. The predicted molar refractivity (Wildman–Crippen MR) is 70.3 cm³/mol. The first kappa shape index (κ1) is 13.3. The van der Waals surface area contributed by atoms with Gasteiger partial charge in [0.25, 0.3) is 0 Å². The summed E-state index contributed by atoms with van der Waals surface area (Å²) in [4.78, 5) is 0. The van der Waals surface area contributed by atoms with Crippen molar-refractivity contribution in [1.82, 2.24) is 10.0 Å². The van der Waals surface area contributed by atoms with Gasteiger partial charge in [-0.25, -0.2) is 13.1 Å². The van der Waals surface area contributed by atoms with Crippen molar-refractivity contribution in [3.05, 3.63) is 29.8 Å². The van der Waals surface area contributed by atoms with Crippen molar-refractivity contribution >= 4 is 10.0 Å². The number of para-hydroxylation sites is 1. The van der Waals surface area contributed by atoms with Gasteiger partial charge in [0.1, 0.15) is 11.9 Å². The van der Waals surface area contributed by atoms with Crippen molar-refractivity contribution in [1.29, 1.82) is 0 Å². The summed E-state index contributed by atoms with van der Waals surface area (Å²) in [6.07, 6.45) is 2.20. The summed E-state index contributed by atoms with van der Waals surface area (Å²) in [5.41, 5.74) is 1.23. The van der Waals surface area contributed by atoms with Crippen LogP contribution in [0, 0.1) is 0 Å². The van der Waals surface area contributed by atoms with E-state index in [1.165, 1.54) is 5.56 Å². The van der Waals surface area contributed by atoms with Crippen LogP contribution in [0.4, 0.5) is 0 Å². The normalized spacial score (nSPS) is 18.4. The lowest BCUT2D eigenvalue weighted by Crippen LogP contribution is -2.36. The molecule has 0 fully saturated rings. The van der Waals surface area contributed by atoms with Gasteiger partial charge < -0.3 is 10.1 Å². The third kappa shape index (κ3) is 3.97. The first-order valence-electron chi connectivity index (χ1n) is 5.94. The fourth-order valence-corrected chi connectivity index (χ4v) is 2.43. The van der Waals surface area contributed by atoms with Crippen LogP contribution >= 0.6 is 0 Å². The van der Waals surface area contributed by atoms with Gasteiger partial charge in [-0.2, -0.15) is 0 Å². The molecule has 18 heavy (non-hydrogen) atoms. The third-order valence-corrected chi connectivity index (χ3v) is 3.48. The molecule has 1 atom stereocenters. The molecule has 0 saturated carbocycles. The van der Waals surface area contributed by atoms with E-state index in [4.69, 9.17) is 4.74 Å². The van der Waals surface area contributed by atoms with Gasteiger partial charge in [-0.05, 0) is 11.6 Å². The van der Waals surface area contributed by atoms with Crippen LogP contribution in [0.3, 0.4) is 0 Å². The lowest BCUT2D eigenvalue weighted by Gasteiger charge is -2.11. The van der Waals surface area contributed by atoms with Crippen molar-refractivity contribution in [2.45, 2.75) is 12.5 Å². The first-order valence-corrected chi connectivity index (χ1v) is 7.84. The number of hydrogen-bond donors (Lipinski definition) is 2. The Morgan fingerprint density at radius 3 is 2.83 bits per heavy atom. The molecule has 1 aliphatic heterocycles. The molecule has 2 rings (SSSR count). The average molecular weight is 270 g/mol. The van der Waals surface area contributed by atoms with Gasteiger partial charge in [0.2, 0.25) is 10.0 Å². The second kappa shape index (κ2) is 5.69. The highest BCUT2D eigenvalue weighted by atomic mass is 32.2. The van der Waals surface area contributed by atoms with E-state index in [0.717, 1.165) is 25.0 Å². The van der Waals surface area contributed by atoms with Crippen LogP contribution in [0.1, 0.15) is 5.56 Å². The smallest absolute Gasteiger partial charge is 0.208 e. The van der Waals surface area contributed by atoms with Gasteiger partial charge >= 0.3 is 0 Å². The molecule has 2 N–H and O–H groups in total. The Hall–Kier alpha value is -1.11. The van der Waals surface area contributed by atoms with E-state index in [1.54, 1.807) is 0 Å². The molecule has 0 aliphatic carbocycles. The number of benzene rings is 1. The Balaban J connectivity index is 1.65. The molecule has 1 unspecified atom stereocenters. The van der Waals surface area contributed by atoms with Crippen molar-refractivity contribution in [3.63, 3.8) is 0 Å². The van der Waals surface area contributed by atoms with Crippen molar-refractivity contribution in [2.24, 2.45) is 0 Å². The molecule has 0 amide bonds. The number of sulfonamides is 1. The summed E-state index contributed by atoms with van der Waals surface area (Å²) < 4.78 is 29.9. The lowest BCUT2D eigenvalue weighted by atomic mass is 10.1. The zero-order chi connectivity index (χ0) is 13.0. The monoisotopic (exact) mass is 270 g/mol. The molecule has 1 aromatic rings. The molecule has 6 heteroatoms. The van der Waals surface area contributed by atoms with E-state index in [9.17, 15) is 8.42 Å². The molecule has 1 aromatic carbocycles. The number of ether oxygens (including phenoxy) is 1. The number of rotatable bonds is 6. The van der Waals surface area contributed by atoms with Gasteiger partial charge in [0.15, 0.2) is 0 Å². The second-order valence-electron chi connectivity index (χ2n) is 4.42. The largest absolute Gasteiger partial charge is 0.488 e. The summed E-state index contributed by atoms with van der Waals surface area (Å²) in [5.74, 6) is 0.957. The summed E-state index contributed by atoms with van der Waals surface area (Å²) in [5, 5.41) is 3.18. The van der Waals surface area contributed by atoms with Crippen molar-refractivity contribution in [3.8, 4) is 5.75 Å². The average Bonchev–Trinajstić information content (AvgIpc) is 2.69. The summed E-state index contributed by atoms with van der Waals surface area (Å²) >= 11 is 0. The van der Waals surface area contributed by atoms with Crippen LogP contribution < -0.4 is 14.8 Å². The topological polar surface area (TPSA) is 67.4 Å². The van der Waals surface area contributed by atoms with E-state index in [2.05, 4.69) is 16.1 Å². The highest BCUT2D eigenvalue weighted by molar-refractivity contribution is 7.88. The Bertz CT molecular complexity index is 477. The molecule has 1 aliphatic rings. The SMILES string of the molecule is CS(=O)(=O)NCCNCC1Cc2ccccc2O1. The lowest BCUT2D eigenvalue weighted by molar-refractivity contribution is 0.228. The maximum atomic E-state index is 10.8.